The van der Waals surface area contributed by atoms with Crippen LogP contribution < -0.4 is 10.1 Å². The second kappa shape index (κ2) is 10.2. The molecule has 0 spiro atoms. The number of halogens is 5. The molecule has 1 heterocycles. The Morgan fingerprint density at radius 1 is 0.917 bits per heavy atom. The van der Waals surface area contributed by atoms with Crippen molar-refractivity contribution in [2.45, 2.75) is 27.0 Å². The number of aryl methyl sites for hydroxylation is 2. The molecule has 4 rings (SSSR count). The normalized spacial score (nSPS) is 11.0. The van der Waals surface area contributed by atoms with E-state index >= 15 is 0 Å². The van der Waals surface area contributed by atoms with Gasteiger partial charge in [-0.2, -0.15) is 5.10 Å². The van der Waals surface area contributed by atoms with Crippen molar-refractivity contribution in [3.8, 4) is 5.75 Å². The average molecular weight is 501 g/mol. The van der Waals surface area contributed by atoms with Crippen molar-refractivity contribution in [1.82, 2.24) is 9.78 Å². The van der Waals surface area contributed by atoms with Crippen LogP contribution in [0.25, 0.3) is 0 Å². The van der Waals surface area contributed by atoms with E-state index in [1.165, 1.54) is 12.3 Å². The van der Waals surface area contributed by atoms with Gasteiger partial charge >= 0.3 is 0 Å². The van der Waals surface area contributed by atoms with Crippen molar-refractivity contribution >= 4 is 11.7 Å². The molecule has 0 atom stereocenters. The fourth-order valence-electron chi connectivity index (χ4n) is 3.48. The summed E-state index contributed by atoms with van der Waals surface area (Å²) in [6.07, 6.45) is 1.24. The second-order valence-electron chi connectivity index (χ2n) is 8.16. The maximum Gasteiger partial charge on any atom is 0.256 e. The largest absolute Gasteiger partial charge is 0.489 e. The minimum absolute atomic E-state index is 0.0286. The van der Waals surface area contributed by atoms with Gasteiger partial charge in [0.1, 0.15) is 12.4 Å². The summed E-state index contributed by atoms with van der Waals surface area (Å²) in [4.78, 5) is 12.7. The number of hydrogen-bond donors (Lipinski definition) is 1. The molecule has 186 valence electrons. The van der Waals surface area contributed by atoms with Gasteiger partial charge in [0.15, 0.2) is 29.1 Å². The van der Waals surface area contributed by atoms with Crippen LogP contribution in [0, 0.1) is 42.9 Å². The molecule has 0 aliphatic carbocycles. The molecule has 1 N–H and O–H groups in total. The first-order valence-electron chi connectivity index (χ1n) is 10.8. The van der Waals surface area contributed by atoms with Crippen LogP contribution in [0.5, 0.6) is 5.75 Å². The lowest BCUT2D eigenvalue weighted by molar-refractivity contribution is 0.102. The first kappa shape index (κ1) is 24.9. The Labute approximate surface area is 203 Å². The molecule has 0 aliphatic rings. The zero-order valence-corrected chi connectivity index (χ0v) is 19.2. The summed E-state index contributed by atoms with van der Waals surface area (Å²) < 4.78 is 74.8. The molecule has 0 saturated heterocycles. The highest BCUT2D eigenvalue weighted by Gasteiger charge is 2.26. The van der Waals surface area contributed by atoms with Crippen LogP contribution in [0.3, 0.4) is 0 Å². The smallest absolute Gasteiger partial charge is 0.256 e. The van der Waals surface area contributed by atoms with Gasteiger partial charge in [0, 0.05) is 17.8 Å². The van der Waals surface area contributed by atoms with Gasteiger partial charge < -0.3 is 10.1 Å². The molecule has 4 aromatic rings. The quantitative estimate of drug-likeness (QED) is 0.190. The Kier molecular flexibility index (Phi) is 7.05. The average Bonchev–Trinajstić information content (AvgIpc) is 3.31. The SMILES string of the molecule is Cc1ccc(C)c(OCc2cccc(C(=O)Nc3ccn(Cc4c(F)c(F)c(F)c(F)c4F)n3)c2)c1. The van der Waals surface area contributed by atoms with Crippen molar-refractivity contribution in [1.29, 1.82) is 0 Å². The van der Waals surface area contributed by atoms with E-state index in [9.17, 15) is 26.7 Å². The fourth-order valence-corrected chi connectivity index (χ4v) is 3.48. The number of ether oxygens (including phenoxy) is 1. The Morgan fingerprint density at radius 3 is 2.33 bits per heavy atom. The van der Waals surface area contributed by atoms with E-state index in [1.54, 1.807) is 24.3 Å². The molecular formula is C26H20F5N3O2. The van der Waals surface area contributed by atoms with E-state index in [0.29, 0.717) is 5.56 Å². The maximum absolute atomic E-state index is 13.9. The number of rotatable bonds is 7. The van der Waals surface area contributed by atoms with Crippen LogP contribution in [0.15, 0.2) is 54.7 Å². The number of amides is 1. The van der Waals surface area contributed by atoms with Gasteiger partial charge in [-0.3, -0.25) is 9.48 Å². The number of aromatic nitrogens is 2. The van der Waals surface area contributed by atoms with Crippen LogP contribution in [0.4, 0.5) is 27.8 Å². The van der Waals surface area contributed by atoms with Gasteiger partial charge in [-0.05, 0) is 48.7 Å². The van der Waals surface area contributed by atoms with Crippen LogP contribution in [-0.2, 0) is 13.2 Å². The molecule has 1 amide bonds. The molecule has 0 aliphatic heterocycles. The van der Waals surface area contributed by atoms with E-state index in [0.717, 1.165) is 27.1 Å². The Balaban J connectivity index is 1.44. The summed E-state index contributed by atoms with van der Waals surface area (Å²) in [5.74, 6) is -9.92. The van der Waals surface area contributed by atoms with Crippen molar-refractivity contribution in [3.63, 3.8) is 0 Å². The van der Waals surface area contributed by atoms with Crippen molar-refractivity contribution in [2.75, 3.05) is 5.32 Å². The molecule has 5 nitrogen and oxygen atoms in total. The Morgan fingerprint density at radius 2 is 1.61 bits per heavy atom. The third kappa shape index (κ3) is 5.22. The summed E-state index contributed by atoms with van der Waals surface area (Å²) in [5.41, 5.74) is 2.06. The Bertz CT molecular complexity index is 1420. The Hall–Kier alpha value is -4.21. The van der Waals surface area contributed by atoms with Crippen molar-refractivity contribution in [2.24, 2.45) is 0 Å². The monoisotopic (exact) mass is 501 g/mol. The minimum atomic E-state index is -2.23. The highest BCUT2D eigenvalue weighted by Crippen LogP contribution is 2.24. The minimum Gasteiger partial charge on any atom is -0.489 e. The number of hydrogen-bond acceptors (Lipinski definition) is 3. The number of nitrogens with zero attached hydrogens (tertiary/aromatic N) is 2. The summed E-state index contributed by atoms with van der Waals surface area (Å²) in [5, 5.41) is 6.48. The molecular weight excluding hydrogens is 481 g/mol. The molecule has 3 aromatic carbocycles. The lowest BCUT2D eigenvalue weighted by Crippen LogP contribution is -2.14. The fraction of sp³-hybridized carbons (Fsp3) is 0.154. The zero-order chi connectivity index (χ0) is 26.0. The van der Waals surface area contributed by atoms with Crippen molar-refractivity contribution in [3.05, 3.63) is 112 Å². The summed E-state index contributed by atoms with van der Waals surface area (Å²) in [7, 11) is 0. The van der Waals surface area contributed by atoms with Crippen molar-refractivity contribution < 1.29 is 31.5 Å². The highest BCUT2D eigenvalue weighted by molar-refractivity contribution is 6.03. The van der Waals surface area contributed by atoms with Crippen LogP contribution >= 0.6 is 0 Å². The molecule has 36 heavy (non-hydrogen) atoms. The van der Waals surface area contributed by atoms with Gasteiger partial charge in [-0.1, -0.05) is 24.3 Å². The summed E-state index contributed by atoms with van der Waals surface area (Å²) in [6, 6.07) is 13.9. The first-order chi connectivity index (χ1) is 17.1. The van der Waals surface area contributed by atoms with Gasteiger partial charge in [0.05, 0.1) is 12.1 Å². The molecule has 10 heteroatoms. The number of carbonyl (C=O) groups excluding carboxylic acids is 1. The van der Waals surface area contributed by atoms with Gasteiger partial charge in [-0.25, -0.2) is 22.0 Å². The van der Waals surface area contributed by atoms with Crippen LogP contribution in [0.1, 0.15) is 32.6 Å². The lowest BCUT2D eigenvalue weighted by atomic mass is 10.1. The molecule has 0 unspecified atom stereocenters. The maximum atomic E-state index is 13.9. The number of carbonyl (C=O) groups is 1. The van der Waals surface area contributed by atoms with Gasteiger partial charge in [0.2, 0.25) is 5.82 Å². The number of anilines is 1. The number of benzene rings is 3. The second-order valence-corrected chi connectivity index (χ2v) is 8.16. The lowest BCUT2D eigenvalue weighted by Gasteiger charge is -2.11. The van der Waals surface area contributed by atoms with Crippen LogP contribution in [0.2, 0.25) is 0 Å². The molecule has 1 aromatic heterocycles. The van der Waals surface area contributed by atoms with Gasteiger partial charge in [-0.15, -0.1) is 0 Å². The van der Waals surface area contributed by atoms with E-state index in [2.05, 4.69) is 10.4 Å². The van der Waals surface area contributed by atoms with E-state index in [1.807, 2.05) is 32.0 Å². The van der Waals surface area contributed by atoms with Gasteiger partial charge in [0.25, 0.3) is 5.91 Å². The predicted octanol–water partition coefficient (Wildman–Crippen LogP) is 6.08. The standard InChI is InChI=1S/C26H20F5N3O2/c1-14-6-7-15(2)19(10-14)36-13-16-4-3-5-17(11-16)26(35)32-20-8-9-34(33-20)12-18-21(27)23(29)25(31)24(30)22(18)28/h3-11H,12-13H2,1-2H3,(H,32,33,35). The first-order valence-corrected chi connectivity index (χ1v) is 10.8. The summed E-state index contributed by atoms with van der Waals surface area (Å²) in [6.45, 7) is 3.40. The number of nitrogens with one attached hydrogen (secondary N) is 1. The topological polar surface area (TPSA) is 56.1 Å². The molecule has 0 saturated carbocycles. The molecule has 0 radical (unpaired) electrons. The summed E-state index contributed by atoms with van der Waals surface area (Å²) >= 11 is 0. The third-order valence-corrected chi connectivity index (χ3v) is 5.43. The molecule has 0 bridgehead atoms. The zero-order valence-electron chi connectivity index (χ0n) is 19.2. The third-order valence-electron chi connectivity index (χ3n) is 5.43. The van der Waals surface area contributed by atoms with E-state index < -0.39 is 47.1 Å². The highest BCUT2D eigenvalue weighted by atomic mass is 19.2. The van der Waals surface area contributed by atoms with E-state index in [4.69, 9.17) is 4.74 Å². The van der Waals surface area contributed by atoms with Crippen LogP contribution in [-0.4, -0.2) is 15.7 Å². The predicted molar refractivity (Wildman–Crippen MR) is 122 cm³/mol. The van der Waals surface area contributed by atoms with E-state index in [-0.39, 0.29) is 12.4 Å². The molecule has 0 fully saturated rings.